The molecule has 818 valence electrons. The van der Waals surface area contributed by atoms with E-state index in [0.29, 0.717) is 65.6 Å². The first-order chi connectivity index (χ1) is 69.5. The van der Waals surface area contributed by atoms with Gasteiger partial charge in [0.15, 0.2) is 0 Å². The third-order valence-electron chi connectivity index (χ3n) is 38.0. The van der Waals surface area contributed by atoms with Crippen LogP contribution in [0.5, 0.6) is 0 Å². The second kappa shape index (κ2) is 45.7. The fourth-order valence-corrected chi connectivity index (χ4v) is 27.3. The van der Waals surface area contributed by atoms with E-state index in [0.717, 1.165) is 121 Å². The normalized spacial score (nSPS) is 27.0. The van der Waals surface area contributed by atoms with E-state index in [1.807, 2.05) is 61.7 Å². The zero-order chi connectivity index (χ0) is 106. The van der Waals surface area contributed by atoms with Gasteiger partial charge < -0.3 is 34.5 Å². The highest BCUT2D eigenvalue weighted by Crippen LogP contribution is 2.55. The average Bonchev–Trinajstić information content (AvgIpc) is 1.47. The number of alkyl halides is 6. The van der Waals surface area contributed by atoms with Crippen LogP contribution in [0.2, 0.25) is 0 Å². The largest absolute Gasteiger partial charge is 0.433 e. The van der Waals surface area contributed by atoms with Crippen LogP contribution in [0.3, 0.4) is 0 Å². The SMILES string of the molecule is CC(C)(C)C1CCC2(CC1)CCN(c1ccncc1)C2.CC(C)(C)N1CCC2(CCC(O)(c3ccncc3)CC2)C1.CC(C)(C)N1CCC2(CCN(c3ccc(C(F)(F)F)cc3)CC2)C1.CC(C)(C)N1CCC2(CCN(c3ccnc(C(F)(F)F)c3)CC2)C1.CC(C)(C)N1CCC2(CCN(c3ccncc3)C2)C1.CC(C)(C)N1CCC2(CCN(c3ccncc3)CC2)C1.CC(C)(C)N1CCCC2(CCN(c3ccncc3)C2)C1. The summed E-state index contributed by atoms with van der Waals surface area (Å²) in [6.07, 6.45) is 41.4. The van der Waals surface area contributed by atoms with E-state index >= 15 is 0 Å². The fourth-order valence-electron chi connectivity index (χ4n) is 27.3. The zero-order valence-electron chi connectivity index (χ0n) is 94.9. The van der Waals surface area contributed by atoms with Crippen molar-refractivity contribution in [3.05, 3.63) is 182 Å². The first-order valence-electron chi connectivity index (χ1n) is 56.9. The van der Waals surface area contributed by atoms with Crippen molar-refractivity contribution in [1.82, 2.24) is 59.3 Å². The molecule has 0 bridgehead atoms. The number of aliphatic hydroxyl groups is 1. The molecular weight excluding hydrogens is 1860 g/mol. The average molecular weight is 2050 g/mol. The van der Waals surface area contributed by atoms with Crippen LogP contribution in [0, 0.1) is 49.2 Å². The van der Waals surface area contributed by atoms with Crippen LogP contribution in [0.25, 0.3) is 0 Å². The lowest BCUT2D eigenvalue weighted by Crippen LogP contribution is -2.52. The van der Waals surface area contributed by atoms with Crippen LogP contribution < -0.4 is 29.4 Å². The Balaban J connectivity index is 0.000000129. The summed E-state index contributed by atoms with van der Waals surface area (Å²) in [4.78, 5) is 54.2. The van der Waals surface area contributed by atoms with Gasteiger partial charge in [-0.1, -0.05) is 20.8 Å². The molecule has 148 heavy (non-hydrogen) atoms. The number of hydrogen-bond donors (Lipinski definition) is 1. The van der Waals surface area contributed by atoms with Gasteiger partial charge in [-0.2, -0.15) is 26.3 Å². The van der Waals surface area contributed by atoms with Gasteiger partial charge in [-0.3, -0.25) is 59.3 Å². The molecule has 14 fully saturated rings. The number of nitrogens with zero attached hydrogens (tertiary/aromatic N) is 18. The van der Waals surface area contributed by atoms with E-state index in [-0.39, 0.29) is 16.6 Å². The molecule has 21 rings (SSSR count). The Morgan fingerprint density at radius 3 is 0.811 bits per heavy atom. The molecule has 12 saturated heterocycles. The monoisotopic (exact) mass is 2050 g/mol. The van der Waals surface area contributed by atoms with Gasteiger partial charge in [0, 0.05) is 264 Å². The Morgan fingerprint density at radius 1 is 0.243 bits per heavy atom. The lowest BCUT2D eigenvalue weighted by molar-refractivity contribution is -0.141. The molecule has 1 aromatic carbocycles. The van der Waals surface area contributed by atoms with Crippen molar-refractivity contribution in [2.45, 2.75) is 351 Å². The first-order valence-corrected chi connectivity index (χ1v) is 56.9. The number of rotatable bonds is 7. The highest BCUT2D eigenvalue weighted by atomic mass is 19.4. The molecule has 18 heterocycles. The second-order valence-electron chi connectivity index (χ2n) is 55.1. The molecule has 2 aliphatic carbocycles. The van der Waals surface area contributed by atoms with Crippen LogP contribution in [-0.2, 0) is 18.0 Å². The summed E-state index contributed by atoms with van der Waals surface area (Å²) in [6.45, 7) is 76.5. The molecule has 12 aliphatic heterocycles. The summed E-state index contributed by atoms with van der Waals surface area (Å²) in [5.74, 6) is 0.920. The standard InChI is InChI=1S/C19H27F3N2.C18H26F3N3.C18H28N2O.C18H28N2.2C17H27N3.C16H25N3/c1-17(2,3)24-13-10-18(14-24)8-11-23(12-9-18)16-6-4-15(5-7-16)19(20,21)22;1-16(2,3)24-11-7-17(13-24)5-9-23(10-6-17)14-4-8-22-15(12-14)18(19,20)21;1-16(2,3)20-13-10-17(14-20)6-8-18(21,9-7-17)15-4-11-19-12-5-15;1-17(2,3)15-4-8-18(9-5-15)10-13-20(14-18)16-6-11-19-12-7-16;1-16(2,3)20-13-8-17(14-20)6-11-19(12-7-17)15-4-9-18-10-5-15;1-16(2,3)20-11-4-7-17(14-20)8-12-19(13-17)15-5-9-18-10-6-15;1-15(2,3)19-11-7-16(13-19)6-10-18(12-16)14-4-8-17-9-5-14/h4-7H,8-14H2,1-3H3;4,8,12H,5-7,9-11,13H2,1-3H3;4-5,11-12,21H,6-10,13-14H2,1-3H3;6-7,11-12,15H,4-5,8-10,13-14H2,1-3H3;4-5,9-10H,6-8,11-14H2,1-3H3;5-6,9-10H,4,7-8,11-14H2,1-3H3;4-5,8-9H,6-7,10-13H2,1-3H3. The van der Waals surface area contributed by atoms with Gasteiger partial charge in [0.05, 0.1) is 11.2 Å². The van der Waals surface area contributed by atoms with E-state index < -0.39 is 29.2 Å². The molecule has 7 spiro atoms. The maximum atomic E-state index is 12.8. The molecular formula is C123H188F6N18O. The molecule has 19 nitrogen and oxygen atoms in total. The van der Waals surface area contributed by atoms with E-state index in [4.69, 9.17) is 0 Å². The summed E-state index contributed by atoms with van der Waals surface area (Å²) in [5.41, 5.74) is 11.4. The maximum absolute atomic E-state index is 12.8. The van der Waals surface area contributed by atoms with Gasteiger partial charge in [0.1, 0.15) is 5.69 Å². The third-order valence-corrected chi connectivity index (χ3v) is 38.0. The first kappa shape index (κ1) is 114. The molecule has 1 N–H and O–H groups in total. The predicted octanol–water partition coefficient (Wildman–Crippen LogP) is 26.0. The van der Waals surface area contributed by atoms with Crippen molar-refractivity contribution >= 4 is 34.1 Å². The molecule has 0 radical (unpaired) electrons. The third kappa shape index (κ3) is 29.3. The molecule has 2 atom stereocenters. The second-order valence-corrected chi connectivity index (χ2v) is 55.1. The number of likely N-dealkylation sites (tertiary alicyclic amines) is 6. The number of piperidine rings is 4. The number of anilines is 6. The van der Waals surface area contributed by atoms with Gasteiger partial charge in [-0.05, 0) is 459 Å². The minimum Gasteiger partial charge on any atom is -0.385 e. The number of pyridine rings is 6. The van der Waals surface area contributed by atoms with Crippen molar-refractivity contribution in [3.8, 4) is 0 Å². The van der Waals surface area contributed by atoms with Crippen molar-refractivity contribution in [2.24, 2.45) is 49.2 Å². The molecule has 2 unspecified atom stereocenters. The van der Waals surface area contributed by atoms with E-state index in [9.17, 15) is 31.4 Å². The molecule has 14 aliphatic rings. The lowest BCUT2D eigenvalue weighted by Gasteiger charge is -2.46. The number of aromatic nitrogens is 6. The Bertz CT molecular complexity index is 5240. The fraction of sp³-hybridized carbons (Fsp3) is 0.707. The predicted molar refractivity (Wildman–Crippen MR) is 598 cm³/mol. The van der Waals surface area contributed by atoms with Crippen LogP contribution in [0.1, 0.15) is 316 Å². The van der Waals surface area contributed by atoms with Gasteiger partial charge in [0.25, 0.3) is 0 Å². The van der Waals surface area contributed by atoms with Crippen LogP contribution >= 0.6 is 0 Å². The molecule has 25 heteroatoms. The molecule has 2 saturated carbocycles. The van der Waals surface area contributed by atoms with Gasteiger partial charge in [-0.25, -0.2) is 0 Å². The van der Waals surface area contributed by atoms with Crippen molar-refractivity contribution in [3.63, 3.8) is 0 Å². The Hall–Kier alpha value is -7.78. The topological polar surface area (TPSA) is 136 Å². The number of benzene rings is 1. The van der Waals surface area contributed by atoms with Gasteiger partial charge in [-0.15, -0.1) is 0 Å². The summed E-state index contributed by atoms with van der Waals surface area (Å²) in [7, 11) is 0. The summed E-state index contributed by atoms with van der Waals surface area (Å²) in [6, 6.07) is 29.5. The Morgan fingerprint density at radius 2 is 0.493 bits per heavy atom. The maximum Gasteiger partial charge on any atom is 0.433 e. The minimum atomic E-state index is -4.38. The number of halogens is 6. The van der Waals surface area contributed by atoms with Crippen LogP contribution in [-0.4, -0.2) is 255 Å². The number of hydrogen-bond acceptors (Lipinski definition) is 19. The lowest BCUT2D eigenvalue weighted by atomic mass is 9.64. The smallest absolute Gasteiger partial charge is 0.385 e. The molecule has 6 aromatic heterocycles. The van der Waals surface area contributed by atoms with E-state index in [2.05, 4.69) is 283 Å². The Kier molecular flexibility index (Phi) is 35.3. The summed E-state index contributed by atoms with van der Waals surface area (Å²) >= 11 is 0. The Labute approximate surface area is 888 Å². The minimum absolute atomic E-state index is 0.188. The highest BCUT2D eigenvalue weighted by Gasteiger charge is 2.53. The molecule has 0 amide bonds. The van der Waals surface area contributed by atoms with E-state index in [1.54, 1.807) is 30.6 Å². The quantitative estimate of drug-likeness (QED) is 0.151. The summed E-state index contributed by atoms with van der Waals surface area (Å²) in [5, 5.41) is 11.0. The van der Waals surface area contributed by atoms with Gasteiger partial charge in [0.2, 0.25) is 0 Å². The van der Waals surface area contributed by atoms with Crippen LogP contribution in [0.15, 0.2) is 165 Å². The van der Waals surface area contributed by atoms with Crippen molar-refractivity contribution in [1.29, 1.82) is 0 Å². The van der Waals surface area contributed by atoms with Crippen molar-refractivity contribution < 1.29 is 31.4 Å². The summed E-state index contributed by atoms with van der Waals surface area (Å²) < 4.78 is 76.6. The van der Waals surface area contributed by atoms with Crippen molar-refractivity contribution in [2.75, 3.05) is 186 Å². The van der Waals surface area contributed by atoms with Gasteiger partial charge >= 0.3 is 12.4 Å². The van der Waals surface area contributed by atoms with Crippen LogP contribution in [0.4, 0.5) is 60.5 Å². The zero-order valence-corrected chi connectivity index (χ0v) is 94.9. The highest BCUT2D eigenvalue weighted by molar-refractivity contribution is 5.52. The van der Waals surface area contributed by atoms with E-state index in [1.165, 1.54) is 255 Å². The molecule has 7 aromatic rings.